The molecule has 1 aromatic carbocycles. The summed E-state index contributed by atoms with van der Waals surface area (Å²) >= 11 is 0.468. The van der Waals surface area contributed by atoms with Crippen LogP contribution in [0.4, 0.5) is 8.78 Å². The molecule has 2 heterocycles. The fourth-order valence-electron chi connectivity index (χ4n) is 4.18. The van der Waals surface area contributed by atoms with E-state index in [0.717, 1.165) is 24.9 Å². The third-order valence-corrected chi connectivity index (χ3v) is 6.19. The van der Waals surface area contributed by atoms with E-state index in [1.54, 1.807) is 6.07 Å². The maximum absolute atomic E-state index is 13.4. The second kappa shape index (κ2) is 6.30. The van der Waals surface area contributed by atoms with Crippen LogP contribution in [0.2, 0.25) is 0 Å². The second-order valence-corrected chi connectivity index (χ2v) is 7.59. The van der Waals surface area contributed by atoms with Gasteiger partial charge >= 0.3 is 5.44 Å². The number of likely N-dealkylation sites (N-methyl/N-ethyl adjacent to an activating group) is 1. The van der Waals surface area contributed by atoms with Crippen molar-refractivity contribution in [2.45, 2.75) is 61.3 Å². The highest BCUT2D eigenvalue weighted by atomic mass is 32.2. The Kier molecular flexibility index (Phi) is 4.64. The Morgan fingerprint density at radius 2 is 2.04 bits per heavy atom. The number of thioether (sulfide) groups is 1. The average molecular weight is 355 g/mol. The molecule has 3 nitrogen and oxygen atoms in total. The third-order valence-electron chi connectivity index (χ3n) is 5.33. The molecular formula is C18H23F2NO2S. The minimum atomic E-state index is -3.17. The molecule has 1 aromatic rings. The van der Waals surface area contributed by atoms with Gasteiger partial charge in [0.15, 0.2) is 0 Å². The minimum Gasteiger partial charge on any atom is -0.423 e. The highest BCUT2D eigenvalue weighted by molar-refractivity contribution is 8.00. The van der Waals surface area contributed by atoms with Crippen molar-refractivity contribution in [3.05, 3.63) is 23.8 Å². The number of halogens is 2. The SMILES string of the molecule is CC.CN1CC[C@]2(c3ccc4c(c3)SC(F)(F)O4)CCC(=O)CC12. The van der Waals surface area contributed by atoms with Gasteiger partial charge in [-0.25, -0.2) is 0 Å². The number of nitrogens with zero attached hydrogens (tertiary/aromatic N) is 1. The van der Waals surface area contributed by atoms with Crippen LogP contribution in [0.3, 0.4) is 0 Å². The lowest BCUT2D eigenvalue weighted by atomic mass is 9.66. The zero-order chi connectivity index (χ0) is 17.5. The number of rotatable bonds is 1. The number of likely N-dealkylation sites (tertiary alicyclic amines) is 1. The lowest BCUT2D eigenvalue weighted by molar-refractivity contribution is -0.122. The molecule has 0 bridgehead atoms. The molecule has 0 amide bonds. The first-order chi connectivity index (χ1) is 11.4. The lowest BCUT2D eigenvalue weighted by Gasteiger charge is -2.41. The van der Waals surface area contributed by atoms with E-state index in [1.165, 1.54) is 0 Å². The molecule has 4 rings (SSSR count). The minimum absolute atomic E-state index is 0.0872. The van der Waals surface area contributed by atoms with Crippen LogP contribution < -0.4 is 4.74 Å². The van der Waals surface area contributed by atoms with Crippen LogP contribution in [-0.4, -0.2) is 35.8 Å². The van der Waals surface area contributed by atoms with Gasteiger partial charge in [0.2, 0.25) is 0 Å². The van der Waals surface area contributed by atoms with E-state index in [2.05, 4.69) is 9.64 Å². The van der Waals surface area contributed by atoms with Gasteiger partial charge in [-0.1, -0.05) is 19.9 Å². The van der Waals surface area contributed by atoms with Crippen molar-refractivity contribution < 1.29 is 18.3 Å². The molecule has 0 aromatic heterocycles. The quantitative estimate of drug-likeness (QED) is 0.745. The summed E-state index contributed by atoms with van der Waals surface area (Å²) in [7, 11) is 2.05. The summed E-state index contributed by atoms with van der Waals surface area (Å²) in [5.74, 6) is 0.560. The first-order valence-electron chi connectivity index (χ1n) is 8.52. The molecule has 24 heavy (non-hydrogen) atoms. The number of fused-ring (bicyclic) bond motifs is 2. The first-order valence-corrected chi connectivity index (χ1v) is 9.34. The van der Waals surface area contributed by atoms with Gasteiger partial charge in [-0.3, -0.25) is 4.79 Å². The molecule has 2 fully saturated rings. The molecule has 6 heteroatoms. The number of carbonyl (C=O) groups is 1. The predicted octanol–water partition coefficient (Wildman–Crippen LogP) is 4.44. The maximum Gasteiger partial charge on any atom is 0.457 e. The van der Waals surface area contributed by atoms with Gasteiger partial charge in [0.1, 0.15) is 11.5 Å². The van der Waals surface area contributed by atoms with Crippen molar-refractivity contribution in [3.8, 4) is 5.75 Å². The van der Waals surface area contributed by atoms with Crippen LogP contribution in [-0.2, 0) is 10.2 Å². The van der Waals surface area contributed by atoms with E-state index < -0.39 is 5.44 Å². The van der Waals surface area contributed by atoms with Gasteiger partial charge in [0.25, 0.3) is 0 Å². The third kappa shape index (κ3) is 2.84. The van der Waals surface area contributed by atoms with Gasteiger partial charge in [-0.05, 0) is 55.9 Å². The van der Waals surface area contributed by atoms with Crippen LogP contribution in [0.5, 0.6) is 5.75 Å². The van der Waals surface area contributed by atoms with Gasteiger partial charge in [0, 0.05) is 24.3 Å². The van der Waals surface area contributed by atoms with E-state index in [9.17, 15) is 13.6 Å². The Balaban J connectivity index is 0.000000815. The van der Waals surface area contributed by atoms with Crippen LogP contribution in [0.15, 0.2) is 23.1 Å². The van der Waals surface area contributed by atoms with Crippen molar-refractivity contribution in [1.29, 1.82) is 0 Å². The molecule has 2 atom stereocenters. The molecule has 3 aliphatic rings. The van der Waals surface area contributed by atoms with Crippen molar-refractivity contribution in [2.24, 2.45) is 0 Å². The number of benzene rings is 1. The van der Waals surface area contributed by atoms with E-state index >= 15 is 0 Å². The smallest absolute Gasteiger partial charge is 0.423 e. The highest BCUT2D eigenvalue weighted by Gasteiger charge is 2.51. The standard InChI is InChI=1S/C16H17F2NO2S.C2H6/c1-19-7-6-15(5-4-11(20)9-14(15)19)10-2-3-12-13(8-10)22-16(17,18)21-12;1-2/h2-3,8,14H,4-7,9H2,1H3;1-2H3/t14?,15-;/m0./s1. The van der Waals surface area contributed by atoms with E-state index in [4.69, 9.17) is 0 Å². The van der Waals surface area contributed by atoms with Gasteiger partial charge in [0.05, 0.1) is 4.90 Å². The zero-order valence-electron chi connectivity index (χ0n) is 14.3. The van der Waals surface area contributed by atoms with Crippen molar-refractivity contribution >= 4 is 17.5 Å². The van der Waals surface area contributed by atoms with Crippen molar-refractivity contribution in [1.82, 2.24) is 4.90 Å². The molecule has 1 aliphatic carbocycles. The summed E-state index contributed by atoms with van der Waals surface area (Å²) in [6.45, 7) is 4.94. The maximum atomic E-state index is 13.4. The molecule has 0 spiro atoms. The fraction of sp³-hybridized carbons (Fsp3) is 0.611. The van der Waals surface area contributed by atoms with E-state index in [0.29, 0.717) is 35.3 Å². The molecule has 132 valence electrons. The molecule has 1 saturated heterocycles. The van der Waals surface area contributed by atoms with Gasteiger partial charge in [-0.15, -0.1) is 0 Å². The van der Waals surface area contributed by atoms with Crippen LogP contribution in [0.25, 0.3) is 0 Å². The average Bonchev–Trinajstić information content (AvgIpc) is 3.05. The molecular weight excluding hydrogens is 332 g/mol. The van der Waals surface area contributed by atoms with Crippen LogP contribution >= 0.6 is 11.8 Å². The van der Waals surface area contributed by atoms with Crippen LogP contribution in [0.1, 0.15) is 45.1 Å². The summed E-state index contributed by atoms with van der Waals surface area (Å²) in [6.07, 6.45) is 2.93. The summed E-state index contributed by atoms with van der Waals surface area (Å²) < 4.78 is 31.4. The number of alkyl halides is 2. The highest BCUT2D eigenvalue weighted by Crippen LogP contribution is 2.53. The Bertz CT molecular complexity index is 652. The van der Waals surface area contributed by atoms with Crippen molar-refractivity contribution in [3.63, 3.8) is 0 Å². The molecule has 1 unspecified atom stereocenters. The molecule has 1 saturated carbocycles. The fourth-order valence-corrected chi connectivity index (χ4v) is 4.97. The topological polar surface area (TPSA) is 29.5 Å². The Morgan fingerprint density at radius 3 is 2.79 bits per heavy atom. The van der Waals surface area contributed by atoms with Gasteiger partial charge in [-0.2, -0.15) is 8.78 Å². The Labute approximate surface area is 145 Å². The number of ketones is 1. The second-order valence-electron chi connectivity index (χ2n) is 6.47. The van der Waals surface area contributed by atoms with E-state index in [1.807, 2.05) is 33.0 Å². The number of Topliss-reactive ketones (excluding diaryl/α,β-unsaturated/α-hetero) is 1. The Hall–Kier alpha value is -1.14. The number of ether oxygens (including phenoxy) is 1. The monoisotopic (exact) mass is 355 g/mol. The first kappa shape index (κ1) is 17.7. The number of hydrogen-bond acceptors (Lipinski definition) is 4. The largest absolute Gasteiger partial charge is 0.457 e. The summed E-state index contributed by atoms with van der Waals surface area (Å²) in [5, 5.41) is 0. The molecule has 2 aliphatic heterocycles. The molecule has 0 N–H and O–H groups in total. The predicted molar refractivity (Wildman–Crippen MR) is 90.8 cm³/mol. The summed E-state index contributed by atoms with van der Waals surface area (Å²) in [6, 6.07) is 5.59. The van der Waals surface area contributed by atoms with Crippen molar-refractivity contribution in [2.75, 3.05) is 13.6 Å². The van der Waals surface area contributed by atoms with E-state index in [-0.39, 0.29) is 17.2 Å². The van der Waals surface area contributed by atoms with Gasteiger partial charge < -0.3 is 9.64 Å². The lowest BCUT2D eigenvalue weighted by Crippen LogP contribution is -2.46. The molecule has 0 radical (unpaired) electrons. The number of carbonyl (C=O) groups excluding carboxylic acids is 1. The summed E-state index contributed by atoms with van der Waals surface area (Å²) in [4.78, 5) is 14.6. The zero-order valence-corrected chi connectivity index (χ0v) is 15.1. The number of hydrogen-bond donors (Lipinski definition) is 0. The van der Waals surface area contributed by atoms with Crippen LogP contribution in [0, 0.1) is 0 Å². The summed E-state index contributed by atoms with van der Waals surface area (Å²) in [5.41, 5.74) is -2.19. The normalized spacial score (nSPS) is 30.9. The Morgan fingerprint density at radius 1 is 1.29 bits per heavy atom.